The van der Waals surface area contributed by atoms with Gasteiger partial charge < -0.3 is 9.80 Å². The van der Waals surface area contributed by atoms with Gasteiger partial charge in [-0.05, 0) is 66.4 Å². The number of hydrogen-bond donors (Lipinski definition) is 0. The Morgan fingerprint density at radius 2 is 1.73 bits per heavy atom. The molecule has 2 fully saturated rings. The lowest BCUT2D eigenvalue weighted by molar-refractivity contribution is 0.469. The van der Waals surface area contributed by atoms with Crippen molar-refractivity contribution in [3.8, 4) is 0 Å². The van der Waals surface area contributed by atoms with Crippen molar-refractivity contribution in [3.63, 3.8) is 0 Å². The van der Waals surface area contributed by atoms with Gasteiger partial charge in [-0.2, -0.15) is 4.09 Å². The number of aromatic nitrogens is 4. The Bertz CT molecular complexity index is 1630. The molecule has 2 aliphatic rings. The molecule has 41 heavy (non-hydrogen) atoms. The van der Waals surface area contributed by atoms with Gasteiger partial charge in [-0.15, -0.1) is 14.3 Å². The van der Waals surface area contributed by atoms with Crippen LogP contribution in [0.15, 0.2) is 58.6 Å². The Labute approximate surface area is 247 Å². The zero-order chi connectivity index (χ0) is 28.8. The van der Waals surface area contributed by atoms with Crippen molar-refractivity contribution >= 4 is 59.0 Å². The average molecular weight is 613 g/mol. The number of halogens is 1. The Morgan fingerprint density at radius 1 is 1.05 bits per heavy atom. The van der Waals surface area contributed by atoms with E-state index in [0.29, 0.717) is 36.4 Å². The monoisotopic (exact) mass is 612 g/mol. The fourth-order valence-corrected chi connectivity index (χ4v) is 7.94. The molecule has 2 aromatic heterocycles. The minimum atomic E-state index is -1.60. The number of piperazine rings is 1. The summed E-state index contributed by atoms with van der Waals surface area (Å²) >= 11 is 0. The van der Waals surface area contributed by atoms with Crippen LogP contribution >= 0.6 is 9.24 Å². The number of anilines is 2. The maximum atomic E-state index is 14.0. The maximum absolute atomic E-state index is 14.0. The minimum absolute atomic E-state index is 0.00593. The van der Waals surface area contributed by atoms with E-state index in [1.807, 2.05) is 19.9 Å². The van der Waals surface area contributed by atoms with Gasteiger partial charge >= 0.3 is 0 Å². The van der Waals surface area contributed by atoms with E-state index in [4.69, 9.17) is 5.10 Å². The molecule has 0 amide bonds. The van der Waals surface area contributed by atoms with E-state index in [2.05, 4.69) is 42.0 Å². The van der Waals surface area contributed by atoms with Crippen molar-refractivity contribution in [1.29, 1.82) is 0 Å². The van der Waals surface area contributed by atoms with Crippen LogP contribution in [0.1, 0.15) is 39.2 Å². The van der Waals surface area contributed by atoms with Gasteiger partial charge in [0.15, 0.2) is 22.6 Å². The lowest BCUT2D eigenvalue weighted by Gasteiger charge is -2.42. The fraction of sp³-hybridized carbons (Fsp3) is 0.414. The van der Waals surface area contributed by atoms with E-state index in [-0.39, 0.29) is 11.3 Å². The number of aryl methyl sites for hydroxylation is 1. The summed E-state index contributed by atoms with van der Waals surface area (Å²) in [6.45, 7) is 8.06. The molecule has 3 heterocycles. The second kappa shape index (κ2) is 11.5. The molecule has 1 aliphatic heterocycles. The molecular formula is C29H34FN6O2PS2. The molecule has 0 spiro atoms. The van der Waals surface area contributed by atoms with Crippen molar-refractivity contribution in [3.05, 3.63) is 60.2 Å². The molecule has 1 saturated heterocycles. The van der Waals surface area contributed by atoms with E-state index in [9.17, 15) is 12.8 Å². The van der Waals surface area contributed by atoms with Crippen molar-refractivity contribution in [2.24, 2.45) is 5.92 Å². The summed E-state index contributed by atoms with van der Waals surface area (Å²) in [6.07, 6.45) is 5.53. The van der Waals surface area contributed by atoms with Crippen LogP contribution in [-0.2, 0) is 28.2 Å². The number of rotatable bonds is 8. The first-order valence-electron chi connectivity index (χ1n) is 14.0. The lowest BCUT2D eigenvalue weighted by atomic mass is 10.0. The van der Waals surface area contributed by atoms with Gasteiger partial charge in [0.05, 0.1) is 39.6 Å². The minimum Gasteiger partial charge on any atom is -0.348 e. The molecule has 4 unspecified atom stereocenters. The average Bonchev–Trinajstić information content (AvgIpc) is 3.77. The van der Waals surface area contributed by atoms with Gasteiger partial charge in [0.25, 0.3) is 0 Å². The highest BCUT2D eigenvalue weighted by Crippen LogP contribution is 2.41. The molecular weight excluding hydrogens is 578 g/mol. The summed E-state index contributed by atoms with van der Waals surface area (Å²) in [4.78, 5) is 14.3. The molecule has 1 saturated carbocycles. The predicted octanol–water partition coefficient (Wildman–Crippen LogP) is 4.22. The SMILES string of the molecule is CCc1cc(P)cc2c1c(N1CCN(c3ncc(F)cn3)CC1C1CC1)nn2S(=O)c1ccc(S(=O)C(C)C)cc1. The Kier molecular flexibility index (Phi) is 7.96. The fourth-order valence-electron chi connectivity index (χ4n) is 5.58. The van der Waals surface area contributed by atoms with Crippen molar-refractivity contribution in [2.45, 2.75) is 61.1 Å². The van der Waals surface area contributed by atoms with E-state index in [0.717, 1.165) is 51.7 Å². The summed E-state index contributed by atoms with van der Waals surface area (Å²) in [5.41, 5.74) is 1.99. The van der Waals surface area contributed by atoms with Crippen molar-refractivity contribution in [2.75, 3.05) is 29.4 Å². The normalized spacial score (nSPS) is 19.2. The second-order valence-corrected chi connectivity index (χ2v) is 14.9. The Balaban J connectivity index is 1.40. The summed E-state index contributed by atoms with van der Waals surface area (Å²) in [5.74, 6) is 1.46. The zero-order valence-corrected chi connectivity index (χ0v) is 26.2. The first-order valence-corrected chi connectivity index (χ1v) is 16.9. The quantitative estimate of drug-likeness (QED) is 0.276. The number of nitrogens with zero attached hydrogens (tertiary/aromatic N) is 6. The molecule has 4 aromatic rings. The van der Waals surface area contributed by atoms with Crippen LogP contribution in [0.2, 0.25) is 0 Å². The largest absolute Gasteiger partial charge is 0.348 e. The molecule has 12 heteroatoms. The predicted molar refractivity (Wildman–Crippen MR) is 166 cm³/mol. The Hall–Kier alpha value is -2.75. The molecule has 0 radical (unpaired) electrons. The van der Waals surface area contributed by atoms with E-state index < -0.39 is 27.6 Å². The van der Waals surface area contributed by atoms with Crippen LogP contribution in [-0.4, -0.2) is 58.5 Å². The standard InChI is InChI=1S/C29H34FN6O2PS2/c1-4-19-13-22(39)14-25-27(19)28(33-36(25)41(38)24-9-7-23(8-10-24)40(37)18(2)3)35-12-11-34(17-26(35)20-5-6-20)29-31-15-21(30)16-32-29/h7-10,13-16,18,20,26H,4-6,11-12,17,39H2,1-3H3. The Morgan fingerprint density at radius 3 is 2.37 bits per heavy atom. The van der Waals surface area contributed by atoms with Crippen LogP contribution in [0.5, 0.6) is 0 Å². The third-order valence-corrected chi connectivity index (χ3v) is 11.0. The zero-order valence-electron chi connectivity index (χ0n) is 23.4. The molecule has 0 N–H and O–H groups in total. The van der Waals surface area contributed by atoms with Gasteiger partial charge in [-0.3, -0.25) is 4.21 Å². The van der Waals surface area contributed by atoms with Crippen LogP contribution in [0, 0.1) is 11.7 Å². The van der Waals surface area contributed by atoms with E-state index in [1.165, 1.54) is 12.4 Å². The highest BCUT2D eigenvalue weighted by Gasteiger charge is 2.41. The summed E-state index contributed by atoms with van der Waals surface area (Å²) < 4.78 is 41.7. The maximum Gasteiger partial charge on any atom is 0.225 e. The second-order valence-electron chi connectivity index (χ2n) is 10.9. The smallest absolute Gasteiger partial charge is 0.225 e. The van der Waals surface area contributed by atoms with Gasteiger partial charge in [0, 0.05) is 35.2 Å². The van der Waals surface area contributed by atoms with E-state index >= 15 is 0 Å². The first-order chi connectivity index (χ1) is 19.7. The molecule has 2 aromatic carbocycles. The third-order valence-electron chi connectivity index (χ3n) is 7.81. The number of benzene rings is 2. The topological polar surface area (TPSA) is 84.2 Å². The van der Waals surface area contributed by atoms with Gasteiger partial charge in [-0.25, -0.2) is 18.6 Å². The lowest BCUT2D eigenvalue weighted by Crippen LogP contribution is -2.55. The van der Waals surface area contributed by atoms with Gasteiger partial charge in [-0.1, -0.05) is 26.8 Å². The third kappa shape index (κ3) is 5.56. The highest BCUT2D eigenvalue weighted by molar-refractivity contribution is 7.85. The molecule has 1 aliphatic carbocycles. The van der Waals surface area contributed by atoms with Crippen molar-refractivity contribution < 1.29 is 12.8 Å². The van der Waals surface area contributed by atoms with E-state index in [1.54, 1.807) is 28.4 Å². The van der Waals surface area contributed by atoms with Crippen LogP contribution < -0.4 is 15.1 Å². The molecule has 6 rings (SSSR count). The summed E-state index contributed by atoms with van der Waals surface area (Å²) in [6, 6.07) is 11.6. The number of fused-ring (bicyclic) bond motifs is 1. The molecule has 0 bridgehead atoms. The van der Waals surface area contributed by atoms with Crippen molar-refractivity contribution in [1.82, 2.24) is 19.2 Å². The summed E-state index contributed by atoms with van der Waals surface area (Å²) in [5, 5.41) is 7.12. The first kappa shape index (κ1) is 28.4. The molecule has 216 valence electrons. The summed E-state index contributed by atoms with van der Waals surface area (Å²) in [7, 11) is 0.0596. The van der Waals surface area contributed by atoms with Crippen LogP contribution in [0.25, 0.3) is 10.9 Å². The molecule has 8 nitrogen and oxygen atoms in total. The number of hydrogen-bond acceptors (Lipinski definition) is 7. The van der Waals surface area contributed by atoms with Gasteiger partial charge in [0.1, 0.15) is 0 Å². The molecule has 4 atom stereocenters. The van der Waals surface area contributed by atoms with Gasteiger partial charge in [0.2, 0.25) is 5.95 Å². The van der Waals surface area contributed by atoms with Crippen LogP contribution in [0.4, 0.5) is 16.2 Å². The van der Waals surface area contributed by atoms with Crippen LogP contribution in [0.3, 0.4) is 0 Å². The highest BCUT2D eigenvalue weighted by atomic mass is 32.2.